The molecule has 1 aliphatic rings. The summed E-state index contributed by atoms with van der Waals surface area (Å²) < 4.78 is 7.85. The Morgan fingerprint density at radius 1 is 1.12 bits per heavy atom. The van der Waals surface area contributed by atoms with Gasteiger partial charge in [-0.25, -0.2) is 11.3 Å². The number of nitrogens with zero attached hydrogens (tertiary/aromatic N) is 5. The molecule has 4 rings (SSSR count). The number of aromatic nitrogens is 3. The third-order valence-electron chi connectivity index (χ3n) is 8.13. The van der Waals surface area contributed by atoms with Gasteiger partial charge in [0.15, 0.2) is 0 Å². The topological polar surface area (TPSA) is 85.2 Å². The predicted molar refractivity (Wildman–Crippen MR) is 160 cm³/mol. The number of hydrogen-bond acceptors (Lipinski definition) is 5. The highest BCUT2D eigenvalue weighted by Gasteiger charge is 2.31. The number of carbonyl (C=O) groups is 1. The van der Waals surface area contributed by atoms with Crippen LogP contribution in [0.3, 0.4) is 0 Å². The van der Waals surface area contributed by atoms with Gasteiger partial charge in [-0.15, -0.1) is 0 Å². The second kappa shape index (κ2) is 12.3. The average molecular weight is 552 g/mol. The van der Waals surface area contributed by atoms with Gasteiger partial charge >= 0.3 is 0 Å². The highest BCUT2D eigenvalue weighted by Crippen LogP contribution is 2.36. The largest absolute Gasteiger partial charge is 0.477 e. The quantitative estimate of drug-likeness (QED) is 0.251. The Morgan fingerprint density at radius 2 is 1.85 bits per heavy atom. The van der Waals surface area contributed by atoms with Gasteiger partial charge in [0.1, 0.15) is 5.78 Å². The van der Waals surface area contributed by atoms with Gasteiger partial charge in [-0.05, 0) is 93.7 Å². The molecule has 0 fully saturated rings. The molecule has 0 N–H and O–H groups in total. The van der Waals surface area contributed by atoms with Crippen molar-refractivity contribution in [2.75, 3.05) is 6.61 Å². The van der Waals surface area contributed by atoms with E-state index in [2.05, 4.69) is 23.0 Å². The van der Waals surface area contributed by atoms with Gasteiger partial charge in [0, 0.05) is 56.8 Å². The molecule has 0 saturated heterocycles. The molecule has 0 aliphatic heterocycles. The van der Waals surface area contributed by atoms with Gasteiger partial charge < -0.3 is 14.4 Å². The van der Waals surface area contributed by atoms with E-state index in [-0.39, 0.29) is 11.7 Å². The van der Waals surface area contributed by atoms with E-state index in [1.54, 1.807) is 11.6 Å². The maximum absolute atomic E-state index is 12.4. The fourth-order valence-corrected chi connectivity index (χ4v) is 5.41. The maximum Gasteiger partial charge on any atom is 0.252 e. The summed E-state index contributed by atoms with van der Waals surface area (Å²) >= 11 is 0. The van der Waals surface area contributed by atoms with Crippen molar-refractivity contribution in [2.24, 2.45) is 7.05 Å². The molecule has 0 bridgehead atoms. The number of carbonyl (C=O) groups excluding carboxylic acids is 1. The molecule has 1 aliphatic carbocycles. The minimum atomic E-state index is -0.754. The summed E-state index contributed by atoms with van der Waals surface area (Å²) in [6.07, 6.45) is 6.24. The van der Waals surface area contributed by atoms with Crippen LogP contribution in [0.25, 0.3) is 4.85 Å². The Balaban J connectivity index is 1.54. The van der Waals surface area contributed by atoms with Gasteiger partial charge in [0.05, 0.1) is 23.8 Å². The van der Waals surface area contributed by atoms with E-state index in [9.17, 15) is 10.1 Å². The normalized spacial score (nSPS) is 14.0. The zero-order valence-electron chi connectivity index (χ0n) is 25.3. The number of hydrogen-bond donors (Lipinski definition) is 0. The van der Waals surface area contributed by atoms with Crippen LogP contribution in [0.2, 0.25) is 0 Å². The third kappa shape index (κ3) is 7.22. The predicted octanol–water partition coefficient (Wildman–Crippen LogP) is 6.58. The van der Waals surface area contributed by atoms with E-state index in [0.29, 0.717) is 25.3 Å². The summed E-state index contributed by atoms with van der Waals surface area (Å²) in [5.41, 5.74) is 5.64. The number of rotatable bonds is 11. The van der Waals surface area contributed by atoms with Crippen LogP contribution in [-0.2, 0) is 48.5 Å². The Morgan fingerprint density at radius 3 is 2.56 bits per heavy atom. The first-order valence-corrected chi connectivity index (χ1v) is 14.5. The number of aryl methyl sites for hydroxylation is 3. The lowest BCUT2D eigenvalue weighted by Crippen LogP contribution is -2.20. The minimum absolute atomic E-state index is 0.0795. The summed E-state index contributed by atoms with van der Waals surface area (Å²) in [6, 6.07) is 14.7. The summed E-state index contributed by atoms with van der Waals surface area (Å²) in [4.78, 5) is 21.1. The molecule has 3 aromatic rings. The average Bonchev–Trinajstić information content (AvgIpc) is 3.30. The molecule has 214 valence electrons. The van der Waals surface area contributed by atoms with E-state index in [1.165, 1.54) is 24.1 Å². The van der Waals surface area contributed by atoms with Crippen LogP contribution in [0, 0.1) is 17.9 Å². The van der Waals surface area contributed by atoms with E-state index < -0.39 is 11.0 Å². The van der Waals surface area contributed by atoms with Crippen molar-refractivity contribution in [3.8, 4) is 11.9 Å². The standard InChI is InChI=1S/C34H41N5O2/c1-23(40)16-25(26-17-27(33(2,3)22-35)20-28(18-26)34(4,5)36-6)19-30-21-32(39(7)38-30)41-15-14-29-13-12-24-10-8-9-11-31(24)37-29/h12-13,17-18,20-21,25H,8-11,14-16,19H2,1-5,7H3. The molecule has 1 aromatic carbocycles. The first-order valence-electron chi connectivity index (χ1n) is 14.5. The Bertz CT molecular complexity index is 1460. The molecule has 1 unspecified atom stereocenters. The van der Waals surface area contributed by atoms with Crippen molar-refractivity contribution < 1.29 is 9.53 Å². The second-order valence-corrected chi connectivity index (χ2v) is 12.4. The SMILES string of the molecule is [C-]#[N+]C(C)(C)c1cc(C(CC(C)=O)Cc2cc(OCCc3ccc4c(n3)CCCC4)n(C)n2)cc(C(C)(C)C#N)c1. The number of ketones is 1. The van der Waals surface area contributed by atoms with Crippen molar-refractivity contribution in [1.29, 1.82) is 5.26 Å². The third-order valence-corrected chi connectivity index (χ3v) is 8.13. The number of nitriles is 1. The van der Waals surface area contributed by atoms with Crippen LogP contribution in [0.1, 0.15) is 99.1 Å². The Labute approximate surface area is 244 Å². The van der Waals surface area contributed by atoms with Gasteiger partial charge in [0.2, 0.25) is 5.88 Å². The van der Waals surface area contributed by atoms with Gasteiger partial charge in [0.25, 0.3) is 5.54 Å². The zero-order chi connectivity index (χ0) is 29.8. The second-order valence-electron chi connectivity index (χ2n) is 12.4. The van der Waals surface area contributed by atoms with Crippen molar-refractivity contribution in [1.82, 2.24) is 14.8 Å². The summed E-state index contributed by atoms with van der Waals surface area (Å²) in [5.74, 6) is 0.606. The number of ether oxygens (including phenoxy) is 1. The molecule has 7 nitrogen and oxygen atoms in total. The van der Waals surface area contributed by atoms with E-state index in [1.807, 2.05) is 59.0 Å². The van der Waals surface area contributed by atoms with Crippen molar-refractivity contribution >= 4 is 5.78 Å². The monoisotopic (exact) mass is 551 g/mol. The molecule has 0 radical (unpaired) electrons. The fraction of sp³-hybridized carbons (Fsp3) is 0.500. The lowest BCUT2D eigenvalue weighted by Gasteiger charge is -2.24. The van der Waals surface area contributed by atoms with Gasteiger partial charge in [-0.1, -0.05) is 12.1 Å². The van der Waals surface area contributed by atoms with Gasteiger partial charge in [-0.2, -0.15) is 10.4 Å². The van der Waals surface area contributed by atoms with Crippen LogP contribution in [0.15, 0.2) is 36.4 Å². The zero-order valence-corrected chi connectivity index (χ0v) is 25.3. The van der Waals surface area contributed by atoms with Crippen LogP contribution >= 0.6 is 0 Å². The smallest absolute Gasteiger partial charge is 0.252 e. The van der Waals surface area contributed by atoms with Crippen LogP contribution in [0.5, 0.6) is 5.88 Å². The molecule has 2 heterocycles. The molecule has 0 spiro atoms. The highest BCUT2D eigenvalue weighted by molar-refractivity contribution is 5.76. The summed E-state index contributed by atoms with van der Waals surface area (Å²) in [6.45, 7) is 17.4. The van der Waals surface area contributed by atoms with E-state index in [0.717, 1.165) is 47.3 Å². The molecule has 2 aromatic heterocycles. The summed E-state index contributed by atoms with van der Waals surface area (Å²) in [7, 11) is 1.86. The molecular weight excluding hydrogens is 510 g/mol. The van der Waals surface area contributed by atoms with Crippen LogP contribution < -0.4 is 4.74 Å². The Kier molecular flexibility index (Phi) is 8.98. The lowest BCUT2D eigenvalue weighted by atomic mass is 9.78. The van der Waals surface area contributed by atoms with E-state index in [4.69, 9.17) is 21.4 Å². The van der Waals surface area contributed by atoms with E-state index >= 15 is 0 Å². The molecular formula is C34H41N5O2. The van der Waals surface area contributed by atoms with Crippen molar-refractivity contribution in [2.45, 2.75) is 96.4 Å². The number of pyridine rings is 1. The van der Waals surface area contributed by atoms with Crippen LogP contribution in [0.4, 0.5) is 0 Å². The number of Topliss-reactive ketones (excluding diaryl/α,β-unsaturated/α-hetero) is 1. The highest BCUT2D eigenvalue weighted by atomic mass is 16.5. The lowest BCUT2D eigenvalue weighted by molar-refractivity contribution is -0.117. The summed E-state index contributed by atoms with van der Waals surface area (Å²) in [5, 5.41) is 14.5. The first-order chi connectivity index (χ1) is 19.4. The molecule has 0 saturated carbocycles. The van der Waals surface area contributed by atoms with Crippen molar-refractivity contribution in [3.05, 3.63) is 87.2 Å². The van der Waals surface area contributed by atoms with Gasteiger partial charge in [-0.3, -0.25) is 4.98 Å². The molecule has 1 atom stereocenters. The minimum Gasteiger partial charge on any atom is -0.477 e. The van der Waals surface area contributed by atoms with Crippen LogP contribution in [-0.4, -0.2) is 27.2 Å². The number of fused-ring (bicyclic) bond motifs is 1. The Hall–Kier alpha value is -3.97. The fourth-order valence-electron chi connectivity index (χ4n) is 5.41. The first kappa shape index (κ1) is 30.0. The molecule has 0 amide bonds. The molecule has 7 heteroatoms. The number of benzene rings is 1. The molecule has 41 heavy (non-hydrogen) atoms. The maximum atomic E-state index is 12.4. The van der Waals surface area contributed by atoms with Crippen molar-refractivity contribution in [3.63, 3.8) is 0 Å².